The van der Waals surface area contributed by atoms with Gasteiger partial charge in [-0.1, -0.05) is 56.6 Å². The summed E-state index contributed by atoms with van der Waals surface area (Å²) < 4.78 is 22.1. The molecule has 0 atom stereocenters. The second kappa shape index (κ2) is 11.7. The van der Waals surface area contributed by atoms with E-state index in [1.807, 2.05) is 66.7 Å². The van der Waals surface area contributed by atoms with Gasteiger partial charge in [-0.3, -0.25) is 4.98 Å². The van der Waals surface area contributed by atoms with E-state index in [-0.39, 0.29) is 26.5 Å². The van der Waals surface area contributed by atoms with E-state index in [2.05, 4.69) is 93.8 Å². The van der Waals surface area contributed by atoms with Crippen molar-refractivity contribution in [2.75, 3.05) is 0 Å². The van der Waals surface area contributed by atoms with Crippen molar-refractivity contribution in [3.63, 3.8) is 0 Å². The van der Waals surface area contributed by atoms with Crippen molar-refractivity contribution >= 4 is 27.6 Å². The van der Waals surface area contributed by atoms with Gasteiger partial charge >= 0.3 is 21.1 Å². The molecule has 6 nitrogen and oxygen atoms in total. The van der Waals surface area contributed by atoms with Crippen LogP contribution in [-0.4, -0.2) is 14.5 Å². The molecule has 0 bridgehead atoms. The molecule has 9 rings (SSSR count). The standard InChI is InChI=1S/C43H33N3O3.Pt/c1-42(2,3)29-23-24-35(46-31-19-11-9-17-27(31)28-18-10-12-20-32(28)46)44-41(29)49-36-25-30-37(38(45-36)26-15-7-6-8-16-26)39-40(43(30,4)5)48-34-22-14-13-21-33(34)47-39;/h6-15,17-19,21-25H,1-5H3;/q-2;+2. The van der Waals surface area contributed by atoms with Crippen molar-refractivity contribution < 1.29 is 35.3 Å². The molecular weight excluding hydrogens is 802 g/mol. The van der Waals surface area contributed by atoms with E-state index in [1.165, 1.54) is 0 Å². The number of benzene rings is 4. The van der Waals surface area contributed by atoms with Gasteiger partial charge in [0.2, 0.25) is 11.8 Å². The van der Waals surface area contributed by atoms with Crippen LogP contribution in [0, 0.1) is 12.1 Å². The molecule has 50 heavy (non-hydrogen) atoms. The normalized spacial score (nSPS) is 14.3. The van der Waals surface area contributed by atoms with E-state index >= 15 is 0 Å². The van der Waals surface area contributed by atoms with E-state index < -0.39 is 5.41 Å². The summed E-state index contributed by atoms with van der Waals surface area (Å²) >= 11 is 0. The maximum absolute atomic E-state index is 6.84. The van der Waals surface area contributed by atoms with Crippen LogP contribution in [0.3, 0.4) is 0 Å². The van der Waals surface area contributed by atoms with E-state index in [0.29, 0.717) is 34.7 Å². The predicted molar refractivity (Wildman–Crippen MR) is 192 cm³/mol. The van der Waals surface area contributed by atoms with Gasteiger partial charge in [-0.05, 0) is 60.5 Å². The zero-order chi connectivity index (χ0) is 33.5. The molecule has 2 aliphatic rings. The van der Waals surface area contributed by atoms with Crippen LogP contribution in [0.1, 0.15) is 51.3 Å². The SMILES string of the molecule is CC(C)(C)c1ccc(-n2c3[c-]cccc3c3ccccc32)nc1Oc1cc2c(c(-c3[c-]cccc3)n1)C1=C(Oc3ccccc3O1)C2(C)C.[Pt+2]. The van der Waals surface area contributed by atoms with Crippen molar-refractivity contribution in [2.45, 2.75) is 45.4 Å². The Hall–Kier alpha value is -5.19. The summed E-state index contributed by atoms with van der Waals surface area (Å²) in [5.74, 6) is 4.45. The van der Waals surface area contributed by atoms with Crippen LogP contribution in [0.5, 0.6) is 23.3 Å². The first-order valence-electron chi connectivity index (χ1n) is 16.5. The van der Waals surface area contributed by atoms with Gasteiger partial charge in [0, 0.05) is 28.4 Å². The molecule has 1 aliphatic carbocycles. The molecule has 0 amide bonds. The molecule has 4 heterocycles. The summed E-state index contributed by atoms with van der Waals surface area (Å²) in [5.41, 5.74) is 5.60. The van der Waals surface area contributed by atoms with Crippen LogP contribution >= 0.6 is 0 Å². The second-order valence-corrected chi connectivity index (χ2v) is 14.1. The van der Waals surface area contributed by atoms with E-state index in [0.717, 1.165) is 55.6 Å². The Morgan fingerprint density at radius 1 is 0.760 bits per heavy atom. The minimum absolute atomic E-state index is 0. The summed E-state index contributed by atoms with van der Waals surface area (Å²) in [4.78, 5) is 10.4. The third-order valence-corrected chi connectivity index (χ3v) is 9.48. The minimum Gasteiger partial charge on any atom is -0.453 e. The zero-order valence-corrected chi connectivity index (χ0v) is 30.5. The fourth-order valence-corrected chi connectivity index (χ4v) is 7.05. The molecule has 0 N–H and O–H groups in total. The van der Waals surface area contributed by atoms with Crippen molar-refractivity contribution in [3.05, 3.63) is 144 Å². The molecule has 0 spiro atoms. The van der Waals surface area contributed by atoms with Crippen molar-refractivity contribution in [1.82, 2.24) is 14.5 Å². The summed E-state index contributed by atoms with van der Waals surface area (Å²) in [6.07, 6.45) is 0. The van der Waals surface area contributed by atoms with Gasteiger partial charge in [0.1, 0.15) is 5.82 Å². The van der Waals surface area contributed by atoms with Crippen molar-refractivity contribution in [1.29, 1.82) is 0 Å². The third-order valence-electron chi connectivity index (χ3n) is 9.48. The molecule has 1 aliphatic heterocycles. The number of aromatic nitrogens is 3. The molecule has 0 fully saturated rings. The molecular formula is C43H33N3O3Pt. The number of hydrogen-bond donors (Lipinski definition) is 0. The van der Waals surface area contributed by atoms with Gasteiger partial charge in [0.25, 0.3) is 0 Å². The van der Waals surface area contributed by atoms with Crippen LogP contribution in [-0.2, 0) is 31.9 Å². The van der Waals surface area contributed by atoms with E-state index in [4.69, 9.17) is 24.2 Å². The van der Waals surface area contributed by atoms with Crippen LogP contribution < -0.4 is 14.2 Å². The van der Waals surface area contributed by atoms with Crippen molar-refractivity contribution in [2.24, 2.45) is 0 Å². The number of fused-ring (bicyclic) bond motifs is 6. The fraction of sp³-hybridized carbons (Fsp3) is 0.163. The Kier molecular flexibility index (Phi) is 7.50. The maximum Gasteiger partial charge on any atom is 2.00 e. The summed E-state index contributed by atoms with van der Waals surface area (Å²) in [5, 5.41) is 2.27. The largest absolute Gasteiger partial charge is 2.00 e. The van der Waals surface area contributed by atoms with Gasteiger partial charge in [0.05, 0.1) is 5.41 Å². The number of ether oxygens (including phenoxy) is 3. The molecule has 0 saturated heterocycles. The fourth-order valence-electron chi connectivity index (χ4n) is 7.05. The topological polar surface area (TPSA) is 58.4 Å². The quantitative estimate of drug-likeness (QED) is 0.165. The van der Waals surface area contributed by atoms with Gasteiger partial charge in [-0.2, -0.15) is 29.2 Å². The first kappa shape index (κ1) is 32.0. The number of allylic oxidation sites excluding steroid dienone is 1. The molecule has 7 heteroatoms. The molecule has 248 valence electrons. The average molecular weight is 835 g/mol. The van der Waals surface area contributed by atoms with E-state index in [1.54, 1.807) is 0 Å². The third kappa shape index (κ3) is 4.96. The van der Waals surface area contributed by atoms with Crippen LogP contribution in [0.4, 0.5) is 0 Å². The first-order valence-corrected chi connectivity index (χ1v) is 16.5. The number of rotatable bonds is 4. The smallest absolute Gasteiger partial charge is 0.453 e. The Bertz CT molecular complexity index is 2440. The van der Waals surface area contributed by atoms with Crippen LogP contribution in [0.25, 0.3) is 44.6 Å². The number of nitrogens with zero attached hydrogens (tertiary/aromatic N) is 3. The average Bonchev–Trinajstić information content (AvgIpc) is 3.55. The Balaban J connectivity index is 0.00000361. The molecule has 7 aromatic rings. The van der Waals surface area contributed by atoms with E-state index in [9.17, 15) is 0 Å². The van der Waals surface area contributed by atoms with Crippen molar-refractivity contribution in [3.8, 4) is 40.3 Å². The van der Waals surface area contributed by atoms with Gasteiger partial charge < -0.3 is 18.8 Å². The second-order valence-electron chi connectivity index (χ2n) is 14.1. The molecule has 0 unspecified atom stereocenters. The van der Waals surface area contributed by atoms with Gasteiger partial charge in [-0.25, -0.2) is 0 Å². The Morgan fingerprint density at radius 2 is 1.48 bits per heavy atom. The summed E-state index contributed by atoms with van der Waals surface area (Å²) in [6, 6.07) is 43.1. The first-order chi connectivity index (χ1) is 23.7. The van der Waals surface area contributed by atoms with Gasteiger partial charge in [-0.15, -0.1) is 41.3 Å². The van der Waals surface area contributed by atoms with Gasteiger partial charge in [0.15, 0.2) is 23.0 Å². The monoisotopic (exact) mass is 834 g/mol. The zero-order valence-electron chi connectivity index (χ0n) is 28.3. The Morgan fingerprint density at radius 3 is 2.26 bits per heavy atom. The van der Waals surface area contributed by atoms with Crippen LogP contribution in [0.15, 0.2) is 115 Å². The predicted octanol–water partition coefficient (Wildman–Crippen LogP) is 10.4. The molecule has 0 radical (unpaired) electrons. The summed E-state index contributed by atoms with van der Waals surface area (Å²) in [7, 11) is 0. The molecule has 0 saturated carbocycles. The van der Waals surface area contributed by atoms with Crippen LogP contribution in [0.2, 0.25) is 0 Å². The molecule has 3 aromatic heterocycles. The number of hydrogen-bond acceptors (Lipinski definition) is 5. The Labute approximate surface area is 305 Å². The minimum atomic E-state index is -0.538. The summed E-state index contributed by atoms with van der Waals surface area (Å²) in [6.45, 7) is 10.8. The number of para-hydroxylation sites is 4. The maximum atomic E-state index is 6.84. The number of pyridine rings is 2. The molecule has 4 aromatic carbocycles.